The van der Waals surface area contributed by atoms with Crippen molar-refractivity contribution in [3.8, 4) is 22.6 Å². The molecule has 0 saturated carbocycles. The molecule has 4 N–H and O–H groups in total. The van der Waals surface area contributed by atoms with Crippen molar-refractivity contribution >= 4 is 35.1 Å². The minimum absolute atomic E-state index is 0.223. The van der Waals surface area contributed by atoms with Crippen molar-refractivity contribution in [1.82, 2.24) is 19.9 Å². The Morgan fingerprint density at radius 2 is 1.48 bits per heavy atom. The Morgan fingerprint density at radius 1 is 0.875 bits per heavy atom. The highest BCUT2D eigenvalue weighted by atomic mass is 35.5. The SMILES string of the molecule is Nc1ccc(-c2ccc(Oc3ccc(Cl)cc3)cc2)cc1C(=O)N(N)CC(=O)N1CCN(c2ncccn2)CC1. The van der Waals surface area contributed by atoms with Crippen LogP contribution in [0.2, 0.25) is 5.02 Å². The number of rotatable bonds is 7. The van der Waals surface area contributed by atoms with Crippen LogP contribution in [0.3, 0.4) is 0 Å². The molecule has 2 heterocycles. The van der Waals surface area contributed by atoms with Gasteiger partial charge in [-0.1, -0.05) is 29.8 Å². The van der Waals surface area contributed by atoms with Crippen LogP contribution in [-0.2, 0) is 4.79 Å². The van der Waals surface area contributed by atoms with Crippen molar-refractivity contribution in [1.29, 1.82) is 0 Å². The summed E-state index contributed by atoms with van der Waals surface area (Å²) in [4.78, 5) is 38.3. The quantitative estimate of drug-likeness (QED) is 0.152. The topological polar surface area (TPSA) is 131 Å². The van der Waals surface area contributed by atoms with Gasteiger partial charge in [-0.05, 0) is 65.7 Å². The Balaban J connectivity index is 1.20. The smallest absolute Gasteiger partial charge is 0.270 e. The predicted octanol–water partition coefficient (Wildman–Crippen LogP) is 3.84. The molecule has 1 aromatic heterocycles. The molecular weight excluding hydrogens is 530 g/mol. The molecular formula is C29H28ClN7O3. The molecule has 4 aromatic rings. The maximum Gasteiger partial charge on any atom is 0.270 e. The molecule has 1 saturated heterocycles. The number of carbonyl (C=O) groups excluding carboxylic acids is 2. The number of ether oxygens (including phenoxy) is 1. The molecule has 1 fully saturated rings. The normalized spacial score (nSPS) is 13.2. The zero-order valence-corrected chi connectivity index (χ0v) is 22.4. The van der Waals surface area contributed by atoms with Crippen molar-refractivity contribution in [2.45, 2.75) is 0 Å². The minimum atomic E-state index is -0.535. The van der Waals surface area contributed by atoms with E-state index in [-0.39, 0.29) is 23.7 Å². The Morgan fingerprint density at radius 3 is 2.12 bits per heavy atom. The minimum Gasteiger partial charge on any atom is -0.457 e. The second-order valence-electron chi connectivity index (χ2n) is 9.23. The maximum absolute atomic E-state index is 13.2. The van der Waals surface area contributed by atoms with Gasteiger partial charge in [-0.3, -0.25) is 14.6 Å². The molecule has 3 aromatic carbocycles. The molecule has 0 atom stereocenters. The average Bonchev–Trinajstić information content (AvgIpc) is 2.99. The molecule has 5 rings (SSSR count). The number of halogens is 1. The number of benzene rings is 3. The molecule has 0 spiro atoms. The van der Waals surface area contributed by atoms with Gasteiger partial charge in [0.1, 0.15) is 18.0 Å². The molecule has 11 heteroatoms. The van der Waals surface area contributed by atoms with Crippen molar-refractivity contribution < 1.29 is 14.3 Å². The Labute approximate surface area is 236 Å². The first-order chi connectivity index (χ1) is 19.4. The summed E-state index contributed by atoms with van der Waals surface area (Å²) in [6.45, 7) is 1.88. The second-order valence-corrected chi connectivity index (χ2v) is 9.67. The van der Waals surface area contributed by atoms with E-state index in [0.717, 1.165) is 16.1 Å². The van der Waals surface area contributed by atoms with Crippen LogP contribution in [0.25, 0.3) is 11.1 Å². The predicted molar refractivity (Wildman–Crippen MR) is 154 cm³/mol. The van der Waals surface area contributed by atoms with E-state index in [4.69, 9.17) is 27.9 Å². The van der Waals surface area contributed by atoms with E-state index in [2.05, 4.69) is 9.97 Å². The Hall–Kier alpha value is -4.67. The van der Waals surface area contributed by atoms with Gasteiger partial charge in [-0.2, -0.15) is 0 Å². The number of hydrogen-bond acceptors (Lipinski definition) is 8. The number of anilines is 2. The van der Waals surface area contributed by atoms with Crippen molar-refractivity contribution in [3.05, 3.63) is 95.8 Å². The number of hydrogen-bond donors (Lipinski definition) is 2. The number of nitrogens with zero attached hydrogens (tertiary/aromatic N) is 5. The fourth-order valence-electron chi connectivity index (χ4n) is 4.36. The van der Waals surface area contributed by atoms with Crippen LogP contribution >= 0.6 is 11.6 Å². The highest BCUT2D eigenvalue weighted by molar-refractivity contribution is 6.30. The van der Waals surface area contributed by atoms with Gasteiger partial charge >= 0.3 is 0 Å². The summed E-state index contributed by atoms with van der Waals surface area (Å²) >= 11 is 5.93. The number of nitrogens with two attached hydrogens (primary N) is 2. The van der Waals surface area contributed by atoms with Crippen LogP contribution in [-0.4, -0.2) is 64.4 Å². The molecule has 2 amide bonds. The largest absolute Gasteiger partial charge is 0.457 e. The van der Waals surface area contributed by atoms with Gasteiger partial charge in [-0.15, -0.1) is 0 Å². The van der Waals surface area contributed by atoms with E-state index in [1.165, 1.54) is 0 Å². The Kier molecular flexibility index (Phi) is 8.09. The average molecular weight is 558 g/mol. The highest BCUT2D eigenvalue weighted by Crippen LogP contribution is 2.29. The van der Waals surface area contributed by atoms with E-state index >= 15 is 0 Å². The summed E-state index contributed by atoms with van der Waals surface area (Å²) in [5.74, 6) is 7.24. The molecule has 0 aliphatic carbocycles. The van der Waals surface area contributed by atoms with Crippen LogP contribution in [0.1, 0.15) is 10.4 Å². The number of piperazine rings is 1. The van der Waals surface area contributed by atoms with Gasteiger partial charge in [0, 0.05) is 49.3 Å². The highest BCUT2D eigenvalue weighted by Gasteiger charge is 2.25. The molecule has 0 radical (unpaired) electrons. The van der Waals surface area contributed by atoms with Gasteiger partial charge in [0.25, 0.3) is 5.91 Å². The van der Waals surface area contributed by atoms with Crippen molar-refractivity contribution in [2.24, 2.45) is 5.84 Å². The fourth-order valence-corrected chi connectivity index (χ4v) is 4.48. The maximum atomic E-state index is 13.2. The van der Waals surface area contributed by atoms with E-state index < -0.39 is 5.91 Å². The zero-order valence-electron chi connectivity index (χ0n) is 21.6. The summed E-state index contributed by atoms with van der Waals surface area (Å²) in [7, 11) is 0. The lowest BCUT2D eigenvalue weighted by atomic mass is 10.0. The third-order valence-corrected chi connectivity index (χ3v) is 6.81. The number of amides is 2. The van der Waals surface area contributed by atoms with Gasteiger partial charge in [0.15, 0.2) is 0 Å². The number of carbonyl (C=O) groups is 2. The van der Waals surface area contributed by atoms with Crippen molar-refractivity contribution in [2.75, 3.05) is 43.4 Å². The van der Waals surface area contributed by atoms with Crippen LogP contribution in [0.4, 0.5) is 11.6 Å². The third-order valence-electron chi connectivity index (χ3n) is 6.55. The molecule has 10 nitrogen and oxygen atoms in total. The van der Waals surface area contributed by atoms with Gasteiger partial charge < -0.3 is 20.3 Å². The first-order valence-electron chi connectivity index (χ1n) is 12.7. The molecule has 1 aliphatic rings. The van der Waals surface area contributed by atoms with E-state index in [1.54, 1.807) is 59.8 Å². The number of hydrazine groups is 1. The van der Waals surface area contributed by atoms with Gasteiger partial charge in [0.2, 0.25) is 11.9 Å². The third kappa shape index (κ3) is 6.31. The van der Waals surface area contributed by atoms with E-state index in [9.17, 15) is 9.59 Å². The van der Waals surface area contributed by atoms with Gasteiger partial charge in [-0.25, -0.2) is 15.8 Å². The fraction of sp³-hybridized carbons (Fsp3) is 0.172. The van der Waals surface area contributed by atoms with Crippen LogP contribution < -0.4 is 21.2 Å². The van der Waals surface area contributed by atoms with Crippen LogP contribution in [0.5, 0.6) is 11.5 Å². The lowest BCUT2D eigenvalue weighted by Gasteiger charge is -2.35. The van der Waals surface area contributed by atoms with Gasteiger partial charge in [0.05, 0.1) is 5.56 Å². The summed E-state index contributed by atoms with van der Waals surface area (Å²) in [5, 5.41) is 1.54. The van der Waals surface area contributed by atoms with Crippen LogP contribution in [0.15, 0.2) is 85.2 Å². The zero-order chi connectivity index (χ0) is 28.1. The molecule has 0 bridgehead atoms. The summed E-state index contributed by atoms with van der Waals surface area (Å²) in [6.07, 6.45) is 3.37. The summed E-state index contributed by atoms with van der Waals surface area (Å²) in [5.41, 5.74) is 8.25. The van der Waals surface area contributed by atoms with Crippen LogP contribution in [0, 0.1) is 0 Å². The molecule has 1 aliphatic heterocycles. The van der Waals surface area contributed by atoms with E-state index in [0.29, 0.717) is 48.6 Å². The lowest BCUT2D eigenvalue weighted by Crippen LogP contribution is -2.53. The van der Waals surface area contributed by atoms with Crippen molar-refractivity contribution in [3.63, 3.8) is 0 Å². The summed E-state index contributed by atoms with van der Waals surface area (Å²) < 4.78 is 5.85. The Bertz CT molecular complexity index is 1480. The number of aromatic nitrogens is 2. The first kappa shape index (κ1) is 26.9. The monoisotopic (exact) mass is 557 g/mol. The lowest BCUT2D eigenvalue weighted by molar-refractivity contribution is -0.132. The second kappa shape index (κ2) is 12.0. The molecule has 204 valence electrons. The standard InChI is InChI=1S/C29H28ClN7O3/c30-22-5-9-24(10-6-22)40-23-7-2-20(3-8-23)21-4-11-26(31)25(18-21)28(39)37(32)19-27(38)35-14-16-36(17-15-35)29-33-12-1-13-34-29/h1-13,18H,14-17,19,31-32H2. The van der Waals surface area contributed by atoms with E-state index in [1.807, 2.05) is 35.2 Å². The molecule has 0 unspecified atom stereocenters. The number of nitrogen functional groups attached to an aromatic ring is 1. The molecule has 40 heavy (non-hydrogen) atoms. The first-order valence-corrected chi connectivity index (χ1v) is 13.0. The summed E-state index contributed by atoms with van der Waals surface area (Å²) in [6, 6.07) is 21.4.